The molecule has 1 aliphatic heterocycles. The first-order chi connectivity index (χ1) is 12.6. The van der Waals surface area contributed by atoms with Crippen LogP contribution in [-0.4, -0.2) is 41.5 Å². The van der Waals surface area contributed by atoms with Gasteiger partial charge in [0, 0.05) is 26.2 Å². The van der Waals surface area contributed by atoms with Gasteiger partial charge in [-0.05, 0) is 41.7 Å². The molecule has 0 radical (unpaired) electrons. The van der Waals surface area contributed by atoms with Crippen LogP contribution in [-0.2, 0) is 24.2 Å². The molecule has 26 heavy (non-hydrogen) atoms. The van der Waals surface area contributed by atoms with E-state index >= 15 is 0 Å². The Kier molecular flexibility index (Phi) is 6.02. The summed E-state index contributed by atoms with van der Waals surface area (Å²) in [6.07, 6.45) is 2.20. The Morgan fingerprint density at radius 3 is 2.69 bits per heavy atom. The maximum Gasteiger partial charge on any atom is 0.335 e. The van der Waals surface area contributed by atoms with Crippen LogP contribution in [0, 0.1) is 0 Å². The number of carboxylic acid groups (broad SMARTS) is 1. The van der Waals surface area contributed by atoms with Gasteiger partial charge in [0.2, 0.25) is 5.91 Å². The van der Waals surface area contributed by atoms with Crippen molar-refractivity contribution in [2.45, 2.75) is 25.8 Å². The lowest BCUT2D eigenvalue weighted by atomic mass is 10.00. The highest BCUT2D eigenvalue weighted by molar-refractivity contribution is 5.88. The predicted molar refractivity (Wildman–Crippen MR) is 100 cm³/mol. The van der Waals surface area contributed by atoms with Crippen LogP contribution in [0.2, 0.25) is 0 Å². The summed E-state index contributed by atoms with van der Waals surface area (Å²) in [5.74, 6) is -1.05. The Balaban J connectivity index is 1.38. The van der Waals surface area contributed by atoms with E-state index in [9.17, 15) is 9.59 Å². The van der Waals surface area contributed by atoms with Gasteiger partial charge in [-0.25, -0.2) is 4.79 Å². The lowest BCUT2D eigenvalue weighted by Crippen LogP contribution is -2.34. The summed E-state index contributed by atoms with van der Waals surface area (Å²) in [7, 11) is 0. The van der Waals surface area contributed by atoms with E-state index in [0.29, 0.717) is 6.54 Å². The Hall–Kier alpha value is -2.66. The van der Waals surface area contributed by atoms with Crippen molar-refractivity contribution in [1.82, 2.24) is 10.2 Å². The zero-order valence-electron chi connectivity index (χ0n) is 14.8. The topological polar surface area (TPSA) is 69.6 Å². The van der Waals surface area contributed by atoms with Gasteiger partial charge in [0.1, 0.15) is 0 Å². The average Bonchev–Trinajstić information content (AvgIpc) is 2.65. The maximum absolute atomic E-state index is 12.0. The van der Waals surface area contributed by atoms with E-state index in [1.54, 1.807) is 18.2 Å². The van der Waals surface area contributed by atoms with Crippen molar-refractivity contribution < 1.29 is 14.7 Å². The maximum atomic E-state index is 12.0. The highest BCUT2D eigenvalue weighted by atomic mass is 16.4. The number of amides is 1. The smallest absolute Gasteiger partial charge is 0.335 e. The van der Waals surface area contributed by atoms with Crippen LogP contribution in [0.15, 0.2) is 48.5 Å². The number of aromatic carboxylic acids is 1. The Labute approximate surface area is 153 Å². The standard InChI is InChI=1S/C21H24N2O3/c24-20(14-16-5-3-8-18(13-16)21(25)26)22-10-4-11-23-12-9-17-6-1-2-7-19(17)15-23/h1-3,5-8,13H,4,9-12,14-15H2,(H,22,24)(H,25,26). The summed E-state index contributed by atoms with van der Waals surface area (Å²) in [5, 5.41) is 11.9. The number of fused-ring (bicyclic) bond motifs is 1. The quantitative estimate of drug-likeness (QED) is 0.751. The van der Waals surface area contributed by atoms with Gasteiger partial charge in [0.25, 0.3) is 0 Å². The van der Waals surface area contributed by atoms with Crippen molar-refractivity contribution >= 4 is 11.9 Å². The number of carbonyl (C=O) groups excluding carboxylic acids is 1. The molecule has 2 aromatic carbocycles. The molecule has 2 aromatic rings. The van der Waals surface area contributed by atoms with Gasteiger partial charge >= 0.3 is 5.97 Å². The second-order valence-electron chi connectivity index (χ2n) is 6.68. The Morgan fingerprint density at radius 2 is 1.88 bits per heavy atom. The van der Waals surface area contributed by atoms with Crippen LogP contribution in [0.4, 0.5) is 0 Å². The lowest BCUT2D eigenvalue weighted by Gasteiger charge is -2.28. The first-order valence-electron chi connectivity index (χ1n) is 9.00. The van der Waals surface area contributed by atoms with Crippen molar-refractivity contribution in [3.05, 3.63) is 70.8 Å². The molecule has 0 saturated heterocycles. The number of benzene rings is 2. The van der Waals surface area contributed by atoms with Gasteiger partial charge in [-0.2, -0.15) is 0 Å². The zero-order valence-corrected chi connectivity index (χ0v) is 14.8. The minimum Gasteiger partial charge on any atom is -0.478 e. The second kappa shape index (κ2) is 8.63. The fraction of sp³-hybridized carbons (Fsp3) is 0.333. The Bertz CT molecular complexity index is 788. The van der Waals surface area contributed by atoms with Crippen molar-refractivity contribution in [3.63, 3.8) is 0 Å². The van der Waals surface area contributed by atoms with Crippen LogP contribution in [0.25, 0.3) is 0 Å². The highest BCUT2D eigenvalue weighted by Gasteiger charge is 2.15. The van der Waals surface area contributed by atoms with Crippen molar-refractivity contribution in [2.24, 2.45) is 0 Å². The molecule has 3 rings (SSSR count). The fourth-order valence-corrected chi connectivity index (χ4v) is 3.34. The molecule has 0 spiro atoms. The summed E-state index contributed by atoms with van der Waals surface area (Å²) in [6, 6.07) is 15.1. The minimum atomic E-state index is -0.977. The van der Waals surface area contributed by atoms with E-state index in [0.717, 1.165) is 38.0 Å². The van der Waals surface area contributed by atoms with Crippen molar-refractivity contribution in [3.8, 4) is 0 Å². The van der Waals surface area contributed by atoms with E-state index < -0.39 is 5.97 Å². The average molecular weight is 352 g/mol. The lowest BCUT2D eigenvalue weighted by molar-refractivity contribution is -0.120. The number of rotatable bonds is 7. The normalized spacial score (nSPS) is 13.8. The second-order valence-corrected chi connectivity index (χ2v) is 6.68. The van der Waals surface area contributed by atoms with Gasteiger partial charge in [-0.1, -0.05) is 36.4 Å². The molecule has 0 bridgehead atoms. The molecule has 136 valence electrons. The van der Waals surface area contributed by atoms with Crippen LogP contribution in [0.1, 0.15) is 33.5 Å². The van der Waals surface area contributed by atoms with E-state index in [2.05, 4.69) is 34.5 Å². The van der Waals surface area contributed by atoms with E-state index in [4.69, 9.17) is 5.11 Å². The summed E-state index contributed by atoms with van der Waals surface area (Å²) in [5.41, 5.74) is 3.78. The summed E-state index contributed by atoms with van der Waals surface area (Å²) in [6.45, 7) is 3.64. The number of nitrogens with zero attached hydrogens (tertiary/aromatic N) is 1. The van der Waals surface area contributed by atoms with E-state index in [1.165, 1.54) is 17.2 Å². The number of carboxylic acids is 1. The summed E-state index contributed by atoms with van der Waals surface area (Å²) < 4.78 is 0. The minimum absolute atomic E-state index is 0.0727. The first-order valence-corrected chi connectivity index (χ1v) is 9.00. The molecule has 5 nitrogen and oxygen atoms in total. The number of nitrogens with one attached hydrogen (secondary N) is 1. The summed E-state index contributed by atoms with van der Waals surface area (Å²) >= 11 is 0. The summed E-state index contributed by atoms with van der Waals surface area (Å²) in [4.78, 5) is 25.4. The van der Waals surface area contributed by atoms with Crippen LogP contribution in [0.5, 0.6) is 0 Å². The highest BCUT2D eigenvalue weighted by Crippen LogP contribution is 2.18. The van der Waals surface area contributed by atoms with Crippen LogP contribution < -0.4 is 5.32 Å². The first kappa shape index (κ1) is 18.1. The van der Waals surface area contributed by atoms with Crippen molar-refractivity contribution in [2.75, 3.05) is 19.6 Å². The molecule has 5 heteroatoms. The van der Waals surface area contributed by atoms with Gasteiger partial charge in [0.15, 0.2) is 0 Å². The molecular weight excluding hydrogens is 328 g/mol. The molecule has 1 aliphatic rings. The third-order valence-electron chi connectivity index (χ3n) is 4.72. The van der Waals surface area contributed by atoms with Gasteiger partial charge in [0.05, 0.1) is 12.0 Å². The zero-order chi connectivity index (χ0) is 18.4. The molecule has 0 aromatic heterocycles. The van der Waals surface area contributed by atoms with Crippen molar-refractivity contribution in [1.29, 1.82) is 0 Å². The number of hydrogen-bond acceptors (Lipinski definition) is 3. The van der Waals surface area contributed by atoms with Crippen LogP contribution >= 0.6 is 0 Å². The SMILES string of the molecule is O=C(Cc1cccc(C(=O)O)c1)NCCCN1CCc2ccccc2C1. The largest absolute Gasteiger partial charge is 0.478 e. The molecule has 0 fully saturated rings. The molecule has 0 saturated carbocycles. The third-order valence-corrected chi connectivity index (χ3v) is 4.72. The Morgan fingerprint density at radius 1 is 1.08 bits per heavy atom. The number of carbonyl (C=O) groups is 2. The van der Waals surface area contributed by atoms with Crippen LogP contribution in [0.3, 0.4) is 0 Å². The molecule has 0 unspecified atom stereocenters. The third kappa shape index (κ3) is 4.92. The molecule has 1 amide bonds. The van der Waals surface area contributed by atoms with Gasteiger partial charge in [-0.3, -0.25) is 9.69 Å². The molecule has 1 heterocycles. The van der Waals surface area contributed by atoms with E-state index in [1.807, 2.05) is 0 Å². The molecular formula is C21H24N2O3. The number of hydrogen-bond donors (Lipinski definition) is 2. The fourth-order valence-electron chi connectivity index (χ4n) is 3.34. The predicted octanol–water partition coefficient (Wildman–Crippen LogP) is 2.49. The van der Waals surface area contributed by atoms with Gasteiger partial charge < -0.3 is 10.4 Å². The molecule has 0 aliphatic carbocycles. The molecule has 2 N–H and O–H groups in total. The van der Waals surface area contributed by atoms with Gasteiger partial charge in [-0.15, -0.1) is 0 Å². The molecule has 0 atom stereocenters. The monoisotopic (exact) mass is 352 g/mol. The van der Waals surface area contributed by atoms with E-state index in [-0.39, 0.29) is 17.9 Å².